The lowest BCUT2D eigenvalue weighted by atomic mass is 9.86. The monoisotopic (exact) mass is 482 g/mol. The Bertz CT molecular complexity index is 1220. The van der Waals surface area contributed by atoms with E-state index in [1.165, 1.54) is 11.8 Å². The summed E-state index contributed by atoms with van der Waals surface area (Å²) >= 11 is 0. The van der Waals surface area contributed by atoms with E-state index in [1.807, 2.05) is 12.3 Å². The molecule has 34 heavy (non-hydrogen) atoms. The van der Waals surface area contributed by atoms with Gasteiger partial charge in [-0.3, -0.25) is 4.98 Å². The summed E-state index contributed by atoms with van der Waals surface area (Å²) in [5.41, 5.74) is 2.10. The van der Waals surface area contributed by atoms with Gasteiger partial charge in [0.15, 0.2) is 9.84 Å². The quantitative estimate of drug-likeness (QED) is 0.486. The number of nitrogens with zero attached hydrogens (tertiary/aromatic N) is 4. The van der Waals surface area contributed by atoms with Gasteiger partial charge in [0, 0.05) is 30.5 Å². The highest BCUT2D eigenvalue weighted by Gasteiger charge is 2.43. The fourth-order valence-corrected chi connectivity index (χ4v) is 5.68. The maximum absolute atomic E-state index is 11.6. The number of fused-ring (bicyclic) bond motifs is 2. The van der Waals surface area contributed by atoms with Gasteiger partial charge >= 0.3 is 0 Å². The third-order valence-corrected chi connectivity index (χ3v) is 7.98. The Morgan fingerprint density at radius 2 is 1.79 bits per heavy atom. The SMILES string of the molecule is CC(C)c1nc(N2C3CCC2CC(c2ccc(COc4ccc(S(C)(=O)=O)cc4)nc2)C3)no1. The molecule has 5 rings (SSSR count). The number of hydrogen-bond acceptors (Lipinski definition) is 8. The Labute approximate surface area is 200 Å². The maximum atomic E-state index is 11.6. The van der Waals surface area contributed by atoms with E-state index in [2.05, 4.69) is 39.9 Å². The molecule has 9 heteroatoms. The molecule has 180 valence electrons. The van der Waals surface area contributed by atoms with E-state index in [1.54, 1.807) is 24.3 Å². The molecule has 2 saturated heterocycles. The van der Waals surface area contributed by atoms with Crippen molar-refractivity contribution < 1.29 is 17.7 Å². The number of sulfone groups is 1. The highest BCUT2D eigenvalue weighted by atomic mass is 32.2. The van der Waals surface area contributed by atoms with Gasteiger partial charge in [0.05, 0.1) is 10.6 Å². The Balaban J connectivity index is 1.20. The number of benzene rings is 1. The summed E-state index contributed by atoms with van der Waals surface area (Å²) in [6, 6.07) is 11.5. The lowest BCUT2D eigenvalue weighted by molar-refractivity contribution is 0.301. The van der Waals surface area contributed by atoms with Crippen LogP contribution in [0.2, 0.25) is 0 Å². The molecule has 0 radical (unpaired) electrons. The van der Waals surface area contributed by atoms with Gasteiger partial charge in [-0.15, -0.1) is 0 Å². The van der Waals surface area contributed by atoms with Crippen molar-refractivity contribution in [1.82, 2.24) is 15.1 Å². The number of ether oxygens (including phenoxy) is 1. The molecule has 2 aliphatic heterocycles. The van der Waals surface area contributed by atoms with Gasteiger partial charge in [-0.1, -0.05) is 19.9 Å². The second kappa shape index (κ2) is 9.02. The van der Waals surface area contributed by atoms with Crippen LogP contribution in [-0.4, -0.2) is 41.9 Å². The molecule has 4 heterocycles. The van der Waals surface area contributed by atoms with Crippen molar-refractivity contribution in [2.24, 2.45) is 0 Å². The summed E-state index contributed by atoms with van der Waals surface area (Å²) < 4.78 is 34.4. The molecule has 0 spiro atoms. The molecular formula is C25H30N4O4S. The van der Waals surface area contributed by atoms with E-state index in [0.29, 0.717) is 36.2 Å². The number of piperidine rings is 1. The van der Waals surface area contributed by atoms with Crippen molar-refractivity contribution >= 4 is 15.8 Å². The Morgan fingerprint density at radius 3 is 2.35 bits per heavy atom. The van der Waals surface area contributed by atoms with Gasteiger partial charge in [0.2, 0.25) is 5.89 Å². The highest BCUT2D eigenvalue weighted by Crippen LogP contribution is 2.44. The van der Waals surface area contributed by atoms with Crippen LogP contribution in [0.3, 0.4) is 0 Å². The molecule has 8 nitrogen and oxygen atoms in total. The standard InChI is InChI=1S/C25H30N4O4S/c1-16(2)24-27-25(28-33-24)29-20-6-7-21(29)13-18(12-20)17-4-5-19(26-14-17)15-32-22-8-10-23(11-9-22)34(3,30)31/h4-5,8-11,14,16,18,20-21H,6-7,12-13,15H2,1-3H3. The molecule has 0 N–H and O–H groups in total. The molecule has 2 aromatic heterocycles. The lowest BCUT2D eigenvalue weighted by Crippen LogP contribution is -2.43. The second-order valence-electron chi connectivity index (χ2n) is 9.66. The first-order valence-corrected chi connectivity index (χ1v) is 13.7. The van der Waals surface area contributed by atoms with Crippen molar-refractivity contribution in [3.63, 3.8) is 0 Å². The van der Waals surface area contributed by atoms with Crippen molar-refractivity contribution in [2.75, 3.05) is 11.2 Å². The summed E-state index contributed by atoms with van der Waals surface area (Å²) in [4.78, 5) is 11.9. The molecule has 0 aliphatic carbocycles. The van der Waals surface area contributed by atoms with Crippen LogP contribution in [0.5, 0.6) is 5.75 Å². The molecule has 0 saturated carbocycles. The largest absolute Gasteiger partial charge is 0.487 e. The van der Waals surface area contributed by atoms with Crippen LogP contribution >= 0.6 is 0 Å². The third kappa shape index (κ3) is 4.66. The van der Waals surface area contributed by atoms with Gasteiger partial charge in [-0.2, -0.15) is 4.98 Å². The number of anilines is 1. The van der Waals surface area contributed by atoms with Gasteiger partial charge in [0.25, 0.3) is 5.95 Å². The molecule has 2 fully saturated rings. The fourth-order valence-electron chi connectivity index (χ4n) is 5.05. The second-order valence-corrected chi connectivity index (χ2v) is 11.7. The first kappa shape index (κ1) is 22.8. The average molecular weight is 483 g/mol. The molecule has 0 amide bonds. The summed E-state index contributed by atoms with van der Waals surface area (Å²) in [6.07, 6.45) is 7.60. The Kier molecular flexibility index (Phi) is 6.06. The van der Waals surface area contributed by atoms with Gasteiger partial charge in [-0.05, 0) is 72.7 Å². The van der Waals surface area contributed by atoms with Crippen LogP contribution in [0.4, 0.5) is 5.95 Å². The molecule has 3 aromatic rings. The molecular weight excluding hydrogens is 452 g/mol. The van der Waals surface area contributed by atoms with Crippen molar-refractivity contribution in [3.05, 3.63) is 59.7 Å². The van der Waals surface area contributed by atoms with E-state index in [9.17, 15) is 8.42 Å². The molecule has 2 unspecified atom stereocenters. The summed E-state index contributed by atoms with van der Waals surface area (Å²) in [7, 11) is -3.21. The van der Waals surface area contributed by atoms with E-state index in [4.69, 9.17) is 9.26 Å². The van der Waals surface area contributed by atoms with Crippen LogP contribution in [0, 0.1) is 0 Å². The first-order valence-electron chi connectivity index (χ1n) is 11.8. The van der Waals surface area contributed by atoms with Gasteiger partial charge < -0.3 is 14.2 Å². The molecule has 2 atom stereocenters. The smallest absolute Gasteiger partial charge is 0.266 e. The number of aromatic nitrogens is 3. The van der Waals surface area contributed by atoms with Gasteiger partial charge in [-0.25, -0.2) is 8.42 Å². The highest BCUT2D eigenvalue weighted by molar-refractivity contribution is 7.90. The number of hydrogen-bond donors (Lipinski definition) is 0. The van der Waals surface area contributed by atoms with Crippen molar-refractivity contribution in [3.8, 4) is 5.75 Å². The molecule has 2 aliphatic rings. The van der Waals surface area contributed by atoms with Crippen LogP contribution in [0.15, 0.2) is 52.0 Å². The van der Waals surface area contributed by atoms with E-state index < -0.39 is 9.84 Å². The first-order chi connectivity index (χ1) is 16.3. The third-order valence-electron chi connectivity index (χ3n) is 6.85. The van der Waals surface area contributed by atoms with Crippen molar-refractivity contribution in [1.29, 1.82) is 0 Å². The summed E-state index contributed by atoms with van der Waals surface area (Å²) in [6.45, 7) is 4.46. The average Bonchev–Trinajstić information content (AvgIpc) is 3.40. The van der Waals surface area contributed by atoms with E-state index in [0.717, 1.165) is 37.3 Å². The van der Waals surface area contributed by atoms with Crippen LogP contribution in [0.25, 0.3) is 0 Å². The number of rotatable bonds is 7. The van der Waals surface area contributed by atoms with E-state index in [-0.39, 0.29) is 10.8 Å². The zero-order chi connectivity index (χ0) is 23.9. The minimum absolute atomic E-state index is 0.233. The predicted octanol–water partition coefficient (Wildman–Crippen LogP) is 4.49. The van der Waals surface area contributed by atoms with Gasteiger partial charge in [0.1, 0.15) is 12.4 Å². The molecule has 1 aromatic carbocycles. The van der Waals surface area contributed by atoms with Crippen LogP contribution < -0.4 is 9.64 Å². The predicted molar refractivity (Wildman–Crippen MR) is 128 cm³/mol. The molecule has 2 bridgehead atoms. The Morgan fingerprint density at radius 1 is 1.09 bits per heavy atom. The summed E-state index contributed by atoms with van der Waals surface area (Å²) in [5, 5.41) is 4.26. The minimum Gasteiger partial charge on any atom is -0.487 e. The lowest BCUT2D eigenvalue weighted by Gasteiger charge is -2.38. The zero-order valence-electron chi connectivity index (χ0n) is 19.7. The van der Waals surface area contributed by atoms with Crippen molar-refractivity contribution in [2.45, 2.75) is 75.0 Å². The Hall–Kier alpha value is -2.94. The van der Waals surface area contributed by atoms with E-state index >= 15 is 0 Å². The van der Waals surface area contributed by atoms with Crippen LogP contribution in [-0.2, 0) is 16.4 Å². The minimum atomic E-state index is -3.21. The zero-order valence-corrected chi connectivity index (χ0v) is 20.5. The number of pyridine rings is 1. The topological polar surface area (TPSA) is 98.4 Å². The fraction of sp³-hybridized carbons (Fsp3) is 0.480. The van der Waals surface area contributed by atoms with Crippen LogP contribution in [0.1, 0.15) is 68.5 Å². The normalized spacial score (nSPS) is 22.4. The maximum Gasteiger partial charge on any atom is 0.266 e. The summed E-state index contributed by atoms with van der Waals surface area (Å²) in [5.74, 6) is 2.76.